The van der Waals surface area contributed by atoms with Crippen LogP contribution in [0, 0.1) is 0 Å². The summed E-state index contributed by atoms with van der Waals surface area (Å²) in [5.41, 5.74) is -0.136. The van der Waals surface area contributed by atoms with Gasteiger partial charge in [0.2, 0.25) is 15.9 Å². The zero-order valence-corrected chi connectivity index (χ0v) is 14.2. The second-order valence-electron chi connectivity index (χ2n) is 5.75. The average molecular weight is 321 g/mol. The van der Waals surface area contributed by atoms with Gasteiger partial charge in [-0.3, -0.25) is 9.69 Å². The van der Waals surface area contributed by atoms with Crippen molar-refractivity contribution in [3.8, 4) is 0 Å². The number of amides is 1. The van der Waals surface area contributed by atoms with E-state index in [2.05, 4.69) is 24.1 Å². The molecule has 0 saturated carbocycles. The fourth-order valence-corrected chi connectivity index (χ4v) is 2.58. The van der Waals surface area contributed by atoms with Crippen LogP contribution in [0.2, 0.25) is 0 Å². The number of hydrogen-bond donors (Lipinski definition) is 1. The van der Waals surface area contributed by atoms with Gasteiger partial charge >= 0.3 is 0 Å². The number of carbonyl (C=O) groups is 1. The van der Waals surface area contributed by atoms with Crippen molar-refractivity contribution >= 4 is 15.9 Å². The van der Waals surface area contributed by atoms with E-state index in [1.165, 1.54) is 7.05 Å². The number of likely N-dealkylation sites (N-methyl/N-ethyl adjacent to an activating group) is 1. The summed E-state index contributed by atoms with van der Waals surface area (Å²) in [5, 5.41) is 2.85. The van der Waals surface area contributed by atoms with Crippen molar-refractivity contribution < 1.29 is 17.9 Å². The third kappa shape index (κ3) is 5.54. The van der Waals surface area contributed by atoms with Crippen LogP contribution in [-0.2, 0) is 19.6 Å². The fraction of sp³-hybridized carbons (Fsp3) is 0.923. The maximum absolute atomic E-state index is 11.9. The first-order chi connectivity index (χ1) is 9.69. The Hall–Kier alpha value is -0.700. The summed E-state index contributed by atoms with van der Waals surface area (Å²) in [7, 11) is -1.93. The van der Waals surface area contributed by atoms with Gasteiger partial charge < -0.3 is 10.1 Å². The van der Waals surface area contributed by atoms with Crippen LogP contribution in [0.25, 0.3) is 0 Å². The van der Waals surface area contributed by atoms with Gasteiger partial charge in [-0.2, -0.15) is 4.31 Å². The molecular formula is C13H27N3O4S. The van der Waals surface area contributed by atoms with E-state index in [-0.39, 0.29) is 18.0 Å². The van der Waals surface area contributed by atoms with Gasteiger partial charge in [0.15, 0.2) is 0 Å². The van der Waals surface area contributed by atoms with Gasteiger partial charge in [-0.1, -0.05) is 6.92 Å². The smallest absolute Gasteiger partial charge is 0.235 e. The summed E-state index contributed by atoms with van der Waals surface area (Å²) in [6.07, 6.45) is 1.99. The van der Waals surface area contributed by atoms with Crippen molar-refractivity contribution in [2.24, 2.45) is 0 Å². The van der Waals surface area contributed by atoms with E-state index in [4.69, 9.17) is 4.74 Å². The molecule has 1 heterocycles. The molecule has 8 heteroatoms. The normalized spacial score (nSPS) is 20.2. The topological polar surface area (TPSA) is 79.0 Å². The van der Waals surface area contributed by atoms with Crippen molar-refractivity contribution in [1.29, 1.82) is 0 Å². The predicted octanol–water partition coefficient (Wildman–Crippen LogP) is -0.505. The van der Waals surface area contributed by atoms with Crippen LogP contribution in [0.5, 0.6) is 0 Å². The molecule has 0 aromatic heterocycles. The largest absolute Gasteiger partial charge is 0.379 e. The molecule has 124 valence electrons. The predicted molar refractivity (Wildman–Crippen MR) is 81.6 cm³/mol. The minimum atomic E-state index is -3.33. The van der Waals surface area contributed by atoms with Crippen LogP contribution in [-0.4, -0.2) is 81.8 Å². The Labute approximate surface area is 127 Å². The first kappa shape index (κ1) is 18.3. The fourth-order valence-electron chi connectivity index (χ4n) is 2.23. The lowest BCUT2D eigenvalue weighted by Gasteiger charge is -2.43. The monoisotopic (exact) mass is 321 g/mol. The van der Waals surface area contributed by atoms with Crippen molar-refractivity contribution in [3.63, 3.8) is 0 Å². The lowest BCUT2D eigenvalue weighted by atomic mass is 9.95. The Morgan fingerprint density at radius 1 is 1.38 bits per heavy atom. The second-order valence-corrected chi connectivity index (χ2v) is 7.84. The second kappa shape index (κ2) is 7.53. The molecule has 0 unspecified atom stereocenters. The lowest BCUT2D eigenvalue weighted by molar-refractivity contribution is -0.122. The zero-order chi connectivity index (χ0) is 16.1. The highest BCUT2D eigenvalue weighted by Crippen LogP contribution is 2.19. The van der Waals surface area contributed by atoms with Crippen LogP contribution >= 0.6 is 0 Å². The summed E-state index contributed by atoms with van der Waals surface area (Å²) in [5.74, 6) is -0.282. The molecule has 0 aromatic carbocycles. The summed E-state index contributed by atoms with van der Waals surface area (Å²) in [6.45, 7) is 7.67. The van der Waals surface area contributed by atoms with Gasteiger partial charge in [0, 0.05) is 32.2 Å². The molecule has 1 aliphatic rings. The molecule has 21 heavy (non-hydrogen) atoms. The number of ether oxygens (including phenoxy) is 1. The summed E-state index contributed by atoms with van der Waals surface area (Å²) in [6, 6.07) is 0. The molecule has 0 spiro atoms. The van der Waals surface area contributed by atoms with Crippen molar-refractivity contribution in [2.45, 2.75) is 25.8 Å². The number of morpholine rings is 1. The highest BCUT2D eigenvalue weighted by atomic mass is 32.2. The third-order valence-corrected chi connectivity index (χ3v) is 5.40. The molecule has 7 nitrogen and oxygen atoms in total. The molecule has 1 saturated heterocycles. The molecular weight excluding hydrogens is 294 g/mol. The SMILES string of the molecule is CC[C@](C)(CNC(=O)CN(C)S(C)(=O)=O)N1CCOCC1. The first-order valence-electron chi connectivity index (χ1n) is 7.20. The Morgan fingerprint density at radius 2 is 1.95 bits per heavy atom. The molecule has 1 fully saturated rings. The number of rotatable bonds is 7. The summed E-state index contributed by atoms with van der Waals surface area (Å²) < 4.78 is 29.0. The van der Waals surface area contributed by atoms with Gasteiger partial charge in [0.25, 0.3) is 0 Å². The molecule has 1 aliphatic heterocycles. The maximum Gasteiger partial charge on any atom is 0.235 e. The van der Waals surface area contributed by atoms with E-state index in [1.807, 2.05) is 0 Å². The third-order valence-electron chi connectivity index (χ3n) is 4.14. The quantitative estimate of drug-likeness (QED) is 0.683. The number of sulfonamides is 1. The standard InChI is InChI=1S/C13H27N3O4S/c1-5-13(2,16-6-8-20-9-7-16)11-14-12(17)10-15(3)21(4,18)19/h5-11H2,1-4H3,(H,14,17)/t13-/m1/s1. The number of carbonyl (C=O) groups excluding carboxylic acids is 1. The molecule has 1 rings (SSSR count). The average Bonchev–Trinajstić information content (AvgIpc) is 2.44. The van der Waals surface area contributed by atoms with Crippen molar-refractivity contribution in [2.75, 3.05) is 52.7 Å². The van der Waals surface area contributed by atoms with E-state index in [9.17, 15) is 13.2 Å². The van der Waals surface area contributed by atoms with E-state index in [1.54, 1.807) is 0 Å². The van der Waals surface area contributed by atoms with Crippen molar-refractivity contribution in [1.82, 2.24) is 14.5 Å². The molecule has 1 N–H and O–H groups in total. The van der Waals surface area contributed by atoms with Gasteiger partial charge in [-0.05, 0) is 13.3 Å². The minimum absolute atomic E-state index is 0.136. The van der Waals surface area contributed by atoms with Gasteiger partial charge in [-0.25, -0.2) is 8.42 Å². The number of hydrogen-bond acceptors (Lipinski definition) is 5. The molecule has 1 amide bonds. The molecule has 1 atom stereocenters. The Bertz CT molecular complexity index is 448. The molecule has 0 aliphatic carbocycles. The van der Waals surface area contributed by atoms with Crippen molar-refractivity contribution in [3.05, 3.63) is 0 Å². The zero-order valence-electron chi connectivity index (χ0n) is 13.4. The highest BCUT2D eigenvalue weighted by molar-refractivity contribution is 7.88. The summed E-state index contributed by atoms with van der Waals surface area (Å²) >= 11 is 0. The summed E-state index contributed by atoms with van der Waals surface area (Å²) in [4.78, 5) is 14.2. The van der Waals surface area contributed by atoms with Crippen LogP contribution in [0.3, 0.4) is 0 Å². The van der Waals surface area contributed by atoms with Gasteiger partial charge in [-0.15, -0.1) is 0 Å². The maximum atomic E-state index is 11.9. The molecule has 0 bridgehead atoms. The van der Waals surface area contributed by atoms with Crippen LogP contribution in [0.1, 0.15) is 20.3 Å². The molecule has 0 aromatic rings. The van der Waals surface area contributed by atoms with Gasteiger partial charge in [0.05, 0.1) is 26.0 Å². The first-order valence-corrected chi connectivity index (χ1v) is 9.04. The van der Waals surface area contributed by atoms with Crippen LogP contribution in [0.4, 0.5) is 0 Å². The number of nitrogens with one attached hydrogen (secondary N) is 1. The Morgan fingerprint density at radius 3 is 2.43 bits per heavy atom. The lowest BCUT2D eigenvalue weighted by Crippen LogP contribution is -2.57. The van der Waals surface area contributed by atoms with Crippen LogP contribution < -0.4 is 5.32 Å². The van der Waals surface area contributed by atoms with Crippen LogP contribution in [0.15, 0.2) is 0 Å². The number of nitrogens with zero attached hydrogens (tertiary/aromatic N) is 2. The Balaban J connectivity index is 2.52. The van der Waals surface area contributed by atoms with E-state index >= 15 is 0 Å². The molecule has 0 radical (unpaired) electrons. The Kier molecular flexibility index (Phi) is 6.58. The van der Waals surface area contributed by atoms with Gasteiger partial charge in [0.1, 0.15) is 0 Å². The highest BCUT2D eigenvalue weighted by Gasteiger charge is 2.31. The van der Waals surface area contributed by atoms with E-state index in [0.717, 1.165) is 30.1 Å². The van der Waals surface area contributed by atoms with E-state index < -0.39 is 10.0 Å². The van der Waals surface area contributed by atoms with E-state index in [0.29, 0.717) is 19.8 Å². The minimum Gasteiger partial charge on any atom is -0.379 e.